The third-order valence-electron chi connectivity index (χ3n) is 6.15. The summed E-state index contributed by atoms with van der Waals surface area (Å²) in [5.41, 5.74) is 2.09. The van der Waals surface area contributed by atoms with E-state index in [2.05, 4.69) is 21.2 Å². The van der Waals surface area contributed by atoms with Gasteiger partial charge in [0.25, 0.3) is 0 Å². The van der Waals surface area contributed by atoms with Gasteiger partial charge in [0.2, 0.25) is 5.91 Å². The van der Waals surface area contributed by atoms with Crippen molar-refractivity contribution in [2.24, 2.45) is 0 Å². The number of fused-ring (bicyclic) bond motifs is 1. The molecule has 0 saturated heterocycles. The lowest BCUT2D eigenvalue weighted by molar-refractivity contribution is -0.121. The van der Waals surface area contributed by atoms with E-state index in [1.807, 2.05) is 71.0 Å². The molecule has 2 aromatic carbocycles. The van der Waals surface area contributed by atoms with Crippen LogP contribution in [0.3, 0.4) is 0 Å². The second-order valence-electron chi connectivity index (χ2n) is 10.4. The first kappa shape index (κ1) is 25.0. The second kappa shape index (κ2) is 9.15. The summed E-state index contributed by atoms with van der Waals surface area (Å²) in [5, 5.41) is 3.46. The Morgan fingerprint density at radius 1 is 1.20 bits per heavy atom. The fourth-order valence-electron chi connectivity index (χ4n) is 4.42. The molecule has 0 radical (unpaired) electrons. The molecule has 2 amide bonds. The Labute approximate surface area is 214 Å². The van der Waals surface area contributed by atoms with E-state index in [9.17, 15) is 14.4 Å². The Bertz CT molecular complexity index is 1220. The molecule has 8 heteroatoms. The summed E-state index contributed by atoms with van der Waals surface area (Å²) < 4.78 is 6.15. The number of amides is 2. The van der Waals surface area contributed by atoms with E-state index < -0.39 is 11.0 Å². The molecule has 1 unspecified atom stereocenters. The van der Waals surface area contributed by atoms with Gasteiger partial charge >= 0.3 is 6.09 Å². The fourth-order valence-corrected chi connectivity index (χ4v) is 4.87. The molecule has 4 rings (SSSR count). The van der Waals surface area contributed by atoms with Crippen LogP contribution in [0.15, 0.2) is 53.0 Å². The van der Waals surface area contributed by atoms with Crippen molar-refractivity contribution in [1.82, 2.24) is 4.90 Å². The number of hydrogen-bond donors (Lipinski definition) is 1. The third-order valence-corrected chi connectivity index (χ3v) is 6.84. The summed E-state index contributed by atoms with van der Waals surface area (Å²) in [6.07, 6.45) is 4.38. The first-order valence-corrected chi connectivity index (χ1v) is 12.4. The zero-order valence-electron chi connectivity index (χ0n) is 20.6. The summed E-state index contributed by atoms with van der Waals surface area (Å²) in [6.45, 7) is 10.3. The van der Waals surface area contributed by atoms with E-state index in [1.54, 1.807) is 21.9 Å². The highest BCUT2D eigenvalue weighted by atomic mass is 79.9. The lowest BCUT2D eigenvalue weighted by atomic mass is 9.86. The van der Waals surface area contributed by atoms with Crippen LogP contribution < -0.4 is 10.2 Å². The van der Waals surface area contributed by atoms with Crippen molar-refractivity contribution < 1.29 is 19.1 Å². The third kappa shape index (κ3) is 4.85. The Morgan fingerprint density at radius 2 is 1.94 bits per heavy atom. The number of rotatable bonds is 4. The van der Waals surface area contributed by atoms with Gasteiger partial charge in [-0.25, -0.2) is 4.79 Å². The highest BCUT2D eigenvalue weighted by Gasteiger charge is 2.45. The molecule has 0 spiro atoms. The zero-order valence-corrected chi connectivity index (χ0v) is 22.2. The van der Waals surface area contributed by atoms with E-state index in [-0.39, 0.29) is 18.0 Å². The van der Waals surface area contributed by atoms with Crippen LogP contribution >= 0.6 is 15.9 Å². The molecule has 35 heavy (non-hydrogen) atoms. The lowest BCUT2D eigenvalue weighted by Crippen LogP contribution is -2.44. The molecule has 184 valence electrons. The van der Waals surface area contributed by atoms with Gasteiger partial charge < -0.3 is 15.0 Å². The summed E-state index contributed by atoms with van der Waals surface area (Å²) in [7, 11) is 0. The molecule has 1 N–H and O–H groups in total. The standard InChI is InChI=1S/C27H30BrN3O4/c1-26(2,3)35-25(34)30-13-7-8-18(15-30)29-17-11-12-20-23(14-17)31(24(33)27(20,4)5)22-10-6-9-21(28)19(22)16-32/h6-12,14,16,18,29H,13,15H2,1-5H3. The van der Waals surface area contributed by atoms with Crippen molar-refractivity contribution in [3.8, 4) is 0 Å². The summed E-state index contributed by atoms with van der Waals surface area (Å²) in [5.74, 6) is -0.0977. The van der Waals surface area contributed by atoms with E-state index >= 15 is 0 Å². The maximum absolute atomic E-state index is 13.5. The van der Waals surface area contributed by atoms with Crippen LogP contribution in [0.5, 0.6) is 0 Å². The van der Waals surface area contributed by atoms with Crippen molar-refractivity contribution >= 4 is 51.3 Å². The van der Waals surface area contributed by atoms with Gasteiger partial charge in [-0.15, -0.1) is 0 Å². The topological polar surface area (TPSA) is 79.0 Å². The highest BCUT2D eigenvalue weighted by molar-refractivity contribution is 9.10. The van der Waals surface area contributed by atoms with Crippen molar-refractivity contribution in [2.75, 3.05) is 23.3 Å². The Balaban J connectivity index is 1.63. The van der Waals surface area contributed by atoms with Crippen molar-refractivity contribution in [3.05, 3.63) is 64.1 Å². The van der Waals surface area contributed by atoms with Crippen LogP contribution in [0.2, 0.25) is 0 Å². The van der Waals surface area contributed by atoms with Gasteiger partial charge in [-0.05, 0) is 80.4 Å². The number of nitrogens with zero attached hydrogens (tertiary/aromatic N) is 2. The number of carbonyl (C=O) groups excluding carboxylic acids is 3. The average Bonchev–Trinajstić information content (AvgIpc) is 2.97. The Hall–Kier alpha value is -3.13. The quantitative estimate of drug-likeness (QED) is 0.392. The van der Waals surface area contributed by atoms with E-state index in [0.29, 0.717) is 28.8 Å². The number of halogens is 1. The Morgan fingerprint density at radius 3 is 2.63 bits per heavy atom. The van der Waals surface area contributed by atoms with Crippen LogP contribution in [-0.4, -0.2) is 47.9 Å². The minimum absolute atomic E-state index is 0.0977. The predicted octanol–water partition coefficient (Wildman–Crippen LogP) is 5.80. The summed E-state index contributed by atoms with van der Waals surface area (Å²) >= 11 is 3.43. The lowest BCUT2D eigenvalue weighted by Gasteiger charge is -2.32. The summed E-state index contributed by atoms with van der Waals surface area (Å²) in [4.78, 5) is 41.2. The molecule has 0 bridgehead atoms. The molecule has 7 nitrogen and oxygen atoms in total. The number of carbonyl (C=O) groups is 3. The van der Waals surface area contributed by atoms with E-state index in [1.165, 1.54) is 0 Å². The normalized spacial score (nSPS) is 18.9. The molecule has 0 aromatic heterocycles. The van der Waals surface area contributed by atoms with Crippen LogP contribution in [0, 0.1) is 0 Å². The van der Waals surface area contributed by atoms with Gasteiger partial charge in [0, 0.05) is 23.2 Å². The maximum Gasteiger partial charge on any atom is 0.410 e. The number of benzene rings is 2. The van der Waals surface area contributed by atoms with Crippen LogP contribution in [0.4, 0.5) is 21.9 Å². The number of nitrogens with one attached hydrogen (secondary N) is 1. The molecule has 2 aliphatic rings. The van der Waals surface area contributed by atoms with Gasteiger partial charge in [0.05, 0.1) is 28.4 Å². The number of aldehydes is 1. The molecule has 2 aliphatic heterocycles. The highest BCUT2D eigenvalue weighted by Crippen LogP contribution is 2.47. The van der Waals surface area contributed by atoms with Gasteiger partial charge in [0.1, 0.15) is 5.60 Å². The first-order chi connectivity index (χ1) is 16.4. The number of ether oxygens (including phenoxy) is 1. The fraction of sp³-hybridized carbons (Fsp3) is 0.370. The monoisotopic (exact) mass is 539 g/mol. The maximum atomic E-state index is 13.5. The largest absolute Gasteiger partial charge is 0.444 e. The molecule has 2 aromatic rings. The van der Waals surface area contributed by atoms with Crippen molar-refractivity contribution in [3.63, 3.8) is 0 Å². The zero-order chi connectivity index (χ0) is 25.5. The second-order valence-corrected chi connectivity index (χ2v) is 11.2. The van der Waals surface area contributed by atoms with Crippen molar-refractivity contribution in [1.29, 1.82) is 0 Å². The van der Waals surface area contributed by atoms with Crippen LogP contribution in [-0.2, 0) is 14.9 Å². The van der Waals surface area contributed by atoms with Gasteiger partial charge in [-0.1, -0.05) is 24.3 Å². The van der Waals surface area contributed by atoms with E-state index in [0.717, 1.165) is 23.2 Å². The molecule has 0 saturated carbocycles. The molecule has 1 atom stereocenters. The molecular formula is C27H30BrN3O4. The molecule has 0 fully saturated rings. The minimum Gasteiger partial charge on any atom is -0.444 e. The molecule has 0 aliphatic carbocycles. The van der Waals surface area contributed by atoms with Crippen LogP contribution in [0.1, 0.15) is 50.5 Å². The smallest absolute Gasteiger partial charge is 0.410 e. The minimum atomic E-state index is -0.741. The molecule has 2 heterocycles. The Kier molecular flexibility index (Phi) is 6.53. The number of hydrogen-bond acceptors (Lipinski definition) is 5. The predicted molar refractivity (Wildman–Crippen MR) is 141 cm³/mol. The first-order valence-electron chi connectivity index (χ1n) is 11.6. The van der Waals surface area contributed by atoms with E-state index in [4.69, 9.17) is 4.74 Å². The summed E-state index contributed by atoms with van der Waals surface area (Å²) in [6, 6.07) is 11.1. The van der Waals surface area contributed by atoms with Crippen molar-refractivity contribution in [2.45, 2.75) is 51.7 Å². The van der Waals surface area contributed by atoms with Gasteiger partial charge in [0.15, 0.2) is 6.29 Å². The van der Waals surface area contributed by atoms with Gasteiger partial charge in [-0.3, -0.25) is 14.5 Å². The van der Waals surface area contributed by atoms with Crippen LogP contribution in [0.25, 0.3) is 0 Å². The van der Waals surface area contributed by atoms with Gasteiger partial charge in [-0.2, -0.15) is 0 Å². The SMILES string of the molecule is CC(C)(C)OC(=O)N1CC=CC(Nc2ccc3c(c2)N(c2cccc(Br)c2C=O)C(=O)C3(C)C)C1. The average molecular weight is 540 g/mol. The number of anilines is 3. The molecular weight excluding hydrogens is 510 g/mol.